The van der Waals surface area contributed by atoms with Crippen molar-refractivity contribution in [1.29, 1.82) is 0 Å². The van der Waals surface area contributed by atoms with Crippen LogP contribution in [0.3, 0.4) is 0 Å². The van der Waals surface area contributed by atoms with Gasteiger partial charge < -0.3 is 15.4 Å². The molecule has 1 aromatic heterocycles. The summed E-state index contributed by atoms with van der Waals surface area (Å²) in [4.78, 5) is 78.7. The lowest BCUT2D eigenvalue weighted by molar-refractivity contribution is -0.385. The molecular formula is C21H24N6O8. The number of nitrogens with one attached hydrogen (secondary N) is 1. The highest BCUT2D eigenvalue weighted by molar-refractivity contribution is 6.25. The average molecular weight is 488 g/mol. The van der Waals surface area contributed by atoms with E-state index in [9.17, 15) is 34.1 Å². The Balaban J connectivity index is 2.08. The molecule has 14 heteroatoms. The summed E-state index contributed by atoms with van der Waals surface area (Å²) in [5, 5.41) is 11.4. The van der Waals surface area contributed by atoms with E-state index in [1.807, 2.05) is 0 Å². The number of rotatable bonds is 9. The molecule has 35 heavy (non-hydrogen) atoms. The zero-order valence-electron chi connectivity index (χ0n) is 19.3. The molecule has 0 aliphatic carbocycles. The second kappa shape index (κ2) is 9.89. The smallest absolute Gasteiger partial charge is 0.330 e. The van der Waals surface area contributed by atoms with Gasteiger partial charge >= 0.3 is 5.69 Å². The van der Waals surface area contributed by atoms with E-state index in [4.69, 9.17) is 10.5 Å². The highest BCUT2D eigenvalue weighted by Crippen LogP contribution is 2.32. The monoisotopic (exact) mass is 488 g/mol. The first-order valence-electron chi connectivity index (χ1n) is 10.6. The lowest BCUT2D eigenvalue weighted by Crippen LogP contribution is -2.52. The minimum absolute atomic E-state index is 0.0438. The molecule has 0 unspecified atom stereocenters. The van der Waals surface area contributed by atoms with Crippen molar-refractivity contribution in [3.05, 3.63) is 60.3 Å². The van der Waals surface area contributed by atoms with Crippen molar-refractivity contribution in [3.63, 3.8) is 0 Å². The van der Waals surface area contributed by atoms with Crippen LogP contribution in [0.5, 0.6) is 0 Å². The van der Waals surface area contributed by atoms with Crippen molar-refractivity contribution in [2.45, 2.75) is 32.9 Å². The molecule has 1 atom stereocenters. The zero-order chi connectivity index (χ0) is 26.0. The lowest BCUT2D eigenvalue weighted by Gasteiger charge is -2.29. The van der Waals surface area contributed by atoms with Crippen molar-refractivity contribution >= 4 is 34.9 Å². The Morgan fingerprint density at radius 2 is 1.94 bits per heavy atom. The van der Waals surface area contributed by atoms with Crippen LogP contribution >= 0.6 is 0 Å². The van der Waals surface area contributed by atoms with Crippen LogP contribution in [0, 0.1) is 10.1 Å². The molecule has 0 spiro atoms. The number of aromatic amines is 1. The molecule has 1 aliphatic heterocycles. The summed E-state index contributed by atoms with van der Waals surface area (Å²) in [6, 6.07) is 2.14. The molecule has 2 aromatic rings. The van der Waals surface area contributed by atoms with Gasteiger partial charge in [0.25, 0.3) is 23.1 Å². The van der Waals surface area contributed by atoms with Gasteiger partial charge in [0.05, 0.1) is 17.1 Å². The summed E-state index contributed by atoms with van der Waals surface area (Å²) in [6.45, 7) is 2.97. The molecule has 0 saturated carbocycles. The number of nitrogen functional groups attached to an aromatic ring is 1. The van der Waals surface area contributed by atoms with Gasteiger partial charge in [-0.05, 0) is 19.4 Å². The largest absolute Gasteiger partial charge is 0.383 e. The number of methoxy groups -OCH3 is 1. The Bertz CT molecular complexity index is 1330. The minimum atomic E-state index is -1.47. The van der Waals surface area contributed by atoms with Gasteiger partial charge in [0.15, 0.2) is 5.69 Å². The summed E-state index contributed by atoms with van der Waals surface area (Å²) in [6.07, 6.45) is 0.506. The van der Waals surface area contributed by atoms with Gasteiger partial charge in [-0.25, -0.2) is 4.79 Å². The predicted molar refractivity (Wildman–Crippen MR) is 123 cm³/mol. The third kappa shape index (κ3) is 4.30. The molecule has 1 aromatic carbocycles. The first-order chi connectivity index (χ1) is 16.6. The number of H-pyrrole nitrogens is 1. The summed E-state index contributed by atoms with van der Waals surface area (Å²) >= 11 is 0. The maximum absolute atomic E-state index is 13.6. The van der Waals surface area contributed by atoms with Crippen LogP contribution in [-0.2, 0) is 16.1 Å². The van der Waals surface area contributed by atoms with E-state index in [0.717, 1.165) is 15.5 Å². The fraction of sp³-hybridized carbons (Fsp3) is 0.381. The zero-order valence-corrected chi connectivity index (χ0v) is 19.3. The quantitative estimate of drug-likeness (QED) is 0.280. The van der Waals surface area contributed by atoms with Crippen LogP contribution in [0.2, 0.25) is 0 Å². The number of nitrogens with two attached hydrogens (primary N) is 1. The second-order valence-corrected chi connectivity index (χ2v) is 7.74. The SMILES string of the molecule is CCCn1c(N)c(N(CCOC)C(=O)[C@H](C)N2C(=O)c3cccc([N+](=O)[O-])c3C2=O)c(=O)[nH]c1=O. The maximum atomic E-state index is 13.6. The standard InChI is InChI=1S/C21H24N6O8/c1-4-8-25-16(22)15(17(28)23-21(25)32)24(9-10-35-3)18(29)11(2)26-19(30)12-6-5-7-13(27(33)34)14(12)20(26)31/h5-7,11H,4,8-10,22H2,1-3H3,(H,23,28,32)/t11-/m0/s1. The molecule has 0 saturated heterocycles. The lowest BCUT2D eigenvalue weighted by atomic mass is 10.1. The number of aromatic nitrogens is 2. The van der Waals surface area contributed by atoms with Gasteiger partial charge in [-0.1, -0.05) is 13.0 Å². The van der Waals surface area contributed by atoms with Crippen molar-refractivity contribution in [2.75, 3.05) is 30.9 Å². The summed E-state index contributed by atoms with van der Waals surface area (Å²) < 4.78 is 6.12. The third-order valence-electron chi connectivity index (χ3n) is 5.58. The Kier molecular flexibility index (Phi) is 7.14. The van der Waals surface area contributed by atoms with E-state index in [1.165, 1.54) is 26.2 Å². The Labute approximate surface area is 198 Å². The maximum Gasteiger partial charge on any atom is 0.330 e. The predicted octanol–water partition coefficient (Wildman–Crippen LogP) is 0.101. The molecule has 0 fully saturated rings. The summed E-state index contributed by atoms with van der Waals surface area (Å²) in [5.41, 5.74) is 2.88. The molecule has 1 aliphatic rings. The summed E-state index contributed by atoms with van der Waals surface area (Å²) in [7, 11) is 1.36. The van der Waals surface area contributed by atoms with Crippen molar-refractivity contribution in [2.24, 2.45) is 0 Å². The van der Waals surface area contributed by atoms with Crippen LogP contribution in [0.25, 0.3) is 0 Å². The number of carbonyl (C=O) groups is 3. The molecular weight excluding hydrogens is 464 g/mol. The molecule has 2 heterocycles. The molecule has 3 N–H and O–H groups in total. The number of imide groups is 1. The minimum Gasteiger partial charge on any atom is -0.383 e. The molecule has 0 radical (unpaired) electrons. The number of anilines is 2. The second-order valence-electron chi connectivity index (χ2n) is 7.74. The number of ether oxygens (including phenoxy) is 1. The average Bonchev–Trinajstić information content (AvgIpc) is 3.07. The Morgan fingerprint density at radius 3 is 2.54 bits per heavy atom. The molecule has 0 bridgehead atoms. The van der Waals surface area contributed by atoms with Gasteiger partial charge in [0.2, 0.25) is 5.91 Å². The molecule has 14 nitrogen and oxygen atoms in total. The van der Waals surface area contributed by atoms with E-state index < -0.39 is 51.2 Å². The van der Waals surface area contributed by atoms with Gasteiger partial charge in [-0.15, -0.1) is 0 Å². The summed E-state index contributed by atoms with van der Waals surface area (Å²) in [5.74, 6) is -3.05. The number of benzene rings is 1. The Morgan fingerprint density at radius 1 is 1.26 bits per heavy atom. The van der Waals surface area contributed by atoms with Crippen LogP contribution in [0.1, 0.15) is 41.0 Å². The van der Waals surface area contributed by atoms with E-state index in [-0.39, 0.29) is 36.8 Å². The highest BCUT2D eigenvalue weighted by atomic mass is 16.6. The number of amides is 3. The van der Waals surface area contributed by atoms with Crippen LogP contribution in [0.15, 0.2) is 27.8 Å². The van der Waals surface area contributed by atoms with Crippen LogP contribution in [0.4, 0.5) is 17.2 Å². The Hall–Kier alpha value is -4.33. The number of nitrogens with zero attached hydrogens (tertiary/aromatic N) is 4. The number of nitro benzene ring substituents is 1. The fourth-order valence-corrected chi connectivity index (χ4v) is 3.92. The first kappa shape index (κ1) is 25.3. The van der Waals surface area contributed by atoms with Crippen LogP contribution < -0.4 is 21.9 Å². The van der Waals surface area contributed by atoms with Gasteiger partial charge in [-0.2, -0.15) is 0 Å². The first-order valence-corrected chi connectivity index (χ1v) is 10.6. The van der Waals surface area contributed by atoms with Gasteiger partial charge in [-0.3, -0.25) is 43.7 Å². The molecule has 186 valence electrons. The highest BCUT2D eigenvalue weighted by Gasteiger charge is 2.46. The van der Waals surface area contributed by atoms with Gasteiger partial charge in [0.1, 0.15) is 17.4 Å². The van der Waals surface area contributed by atoms with E-state index in [2.05, 4.69) is 4.98 Å². The van der Waals surface area contributed by atoms with E-state index >= 15 is 0 Å². The van der Waals surface area contributed by atoms with Gasteiger partial charge in [0, 0.05) is 26.3 Å². The normalized spacial score (nSPS) is 13.6. The molecule has 3 amide bonds. The van der Waals surface area contributed by atoms with E-state index in [1.54, 1.807) is 6.92 Å². The number of hydrogen-bond donors (Lipinski definition) is 2. The fourth-order valence-electron chi connectivity index (χ4n) is 3.92. The molecule has 3 rings (SSSR count). The topological polar surface area (TPSA) is 191 Å². The van der Waals surface area contributed by atoms with Crippen LogP contribution in [-0.4, -0.2) is 63.4 Å². The van der Waals surface area contributed by atoms with Crippen molar-refractivity contribution < 1.29 is 24.0 Å². The van der Waals surface area contributed by atoms with E-state index in [0.29, 0.717) is 11.3 Å². The number of carbonyl (C=O) groups excluding carboxylic acids is 3. The number of fused-ring (bicyclic) bond motifs is 1. The number of hydrogen-bond acceptors (Lipinski definition) is 9. The third-order valence-corrected chi connectivity index (χ3v) is 5.58. The number of nitro groups is 1. The van der Waals surface area contributed by atoms with Crippen molar-refractivity contribution in [3.8, 4) is 0 Å². The van der Waals surface area contributed by atoms with Crippen molar-refractivity contribution in [1.82, 2.24) is 14.5 Å².